The number of fused-ring (bicyclic) bond motifs is 1. The molecular weight excluding hydrogens is 510 g/mol. The molecule has 4 rings (SSSR count). The van der Waals surface area contributed by atoms with Gasteiger partial charge in [-0.2, -0.15) is 21.6 Å². The van der Waals surface area contributed by atoms with Crippen LogP contribution in [0.1, 0.15) is 27.2 Å². The Kier molecular flexibility index (Phi) is 6.36. The summed E-state index contributed by atoms with van der Waals surface area (Å²) in [5, 5.41) is 0.394. The van der Waals surface area contributed by atoms with Gasteiger partial charge in [0, 0.05) is 4.70 Å². The summed E-state index contributed by atoms with van der Waals surface area (Å²) in [5.74, 6) is -2.73. The molecule has 6 nitrogen and oxygen atoms in total. The zero-order chi connectivity index (χ0) is 25.5. The van der Waals surface area contributed by atoms with Crippen molar-refractivity contribution in [2.45, 2.75) is 24.7 Å². The number of carbonyl (C=O) groups excluding carboxylic acids is 1. The number of hydrogen-bond acceptors (Lipinski definition) is 6. The van der Waals surface area contributed by atoms with E-state index in [-0.39, 0.29) is 16.3 Å². The Hall–Kier alpha value is -3.38. The fraction of sp³-hybridized carbons (Fsp3) is 0.174. The van der Waals surface area contributed by atoms with Gasteiger partial charge in [0.1, 0.15) is 10.8 Å². The van der Waals surface area contributed by atoms with E-state index in [4.69, 9.17) is 4.42 Å². The van der Waals surface area contributed by atoms with Crippen LogP contribution in [-0.2, 0) is 27.5 Å². The third-order valence-electron chi connectivity index (χ3n) is 5.22. The molecule has 0 saturated carbocycles. The molecular formula is C23H17F4NO5S2. The van der Waals surface area contributed by atoms with Crippen molar-refractivity contribution in [2.75, 3.05) is 11.4 Å². The van der Waals surface area contributed by atoms with E-state index in [1.54, 1.807) is 31.2 Å². The minimum Gasteiger partial charge on any atom is -0.463 e. The van der Waals surface area contributed by atoms with Crippen LogP contribution in [0, 0.1) is 12.7 Å². The summed E-state index contributed by atoms with van der Waals surface area (Å²) in [6, 6.07) is 11.6. The summed E-state index contributed by atoms with van der Waals surface area (Å²) in [6.45, 7) is 1.14. The van der Waals surface area contributed by atoms with Crippen LogP contribution in [-0.4, -0.2) is 21.5 Å². The van der Waals surface area contributed by atoms with E-state index in [1.807, 2.05) is 0 Å². The van der Waals surface area contributed by atoms with E-state index < -0.39 is 45.2 Å². The summed E-state index contributed by atoms with van der Waals surface area (Å²) in [6.07, 6.45) is -4.96. The van der Waals surface area contributed by atoms with Crippen molar-refractivity contribution in [2.24, 2.45) is 0 Å². The number of ether oxygens (including phenoxy) is 1. The molecule has 0 aliphatic rings. The molecule has 0 fully saturated rings. The van der Waals surface area contributed by atoms with Gasteiger partial charge in [0.15, 0.2) is 0 Å². The highest BCUT2D eigenvalue weighted by Crippen LogP contribution is 2.41. The first kappa shape index (κ1) is 24.7. The number of furan rings is 1. The molecule has 0 amide bonds. The van der Waals surface area contributed by atoms with E-state index >= 15 is 0 Å². The van der Waals surface area contributed by atoms with Crippen LogP contribution in [0.5, 0.6) is 0 Å². The summed E-state index contributed by atoms with van der Waals surface area (Å²) < 4.78 is 92.3. The summed E-state index contributed by atoms with van der Waals surface area (Å²) in [7, 11) is -3.41. The Balaban J connectivity index is 1.87. The van der Waals surface area contributed by atoms with Gasteiger partial charge in [0.25, 0.3) is 10.0 Å². The zero-order valence-electron chi connectivity index (χ0n) is 18.2. The number of nitrogens with zero attached hydrogens (tertiary/aromatic N) is 1. The fourth-order valence-electron chi connectivity index (χ4n) is 3.50. The Labute approximate surface area is 201 Å². The topological polar surface area (TPSA) is 76.8 Å². The van der Waals surface area contributed by atoms with Gasteiger partial charge in [-0.1, -0.05) is 24.3 Å². The molecule has 0 saturated heterocycles. The van der Waals surface area contributed by atoms with Crippen LogP contribution in [0.2, 0.25) is 0 Å². The lowest BCUT2D eigenvalue weighted by Gasteiger charge is -2.23. The molecule has 0 radical (unpaired) electrons. The number of benzene rings is 2. The summed E-state index contributed by atoms with van der Waals surface area (Å²) in [5.41, 5.74) is -1.03. The highest BCUT2D eigenvalue weighted by atomic mass is 32.2. The normalized spacial score (nSPS) is 12.2. The number of alkyl halides is 3. The van der Waals surface area contributed by atoms with Gasteiger partial charge in [0.05, 0.1) is 19.2 Å². The van der Waals surface area contributed by atoms with E-state index in [9.17, 15) is 30.8 Å². The lowest BCUT2D eigenvalue weighted by molar-refractivity contribution is -0.140. The Bertz CT molecular complexity index is 1520. The Morgan fingerprint density at radius 2 is 1.83 bits per heavy atom. The number of esters is 1. The van der Waals surface area contributed by atoms with E-state index in [0.29, 0.717) is 17.7 Å². The van der Waals surface area contributed by atoms with Gasteiger partial charge < -0.3 is 9.15 Å². The smallest absolute Gasteiger partial charge is 0.419 e. The molecule has 0 aliphatic heterocycles. The zero-order valence-corrected chi connectivity index (χ0v) is 19.9. The standard InChI is InChI=1S/C23H17F4NO5S2/c1-13-15-5-3-4-6-19(15)34-21(13)28(12-14-7-8-17(24)16(11-14)23(25,26)27)35(30,31)20-10-9-18(33-20)22(29)32-2/h3-11H,12H2,1-2H3. The van der Waals surface area contributed by atoms with Gasteiger partial charge in [-0.25, -0.2) is 13.5 Å². The van der Waals surface area contributed by atoms with E-state index in [2.05, 4.69) is 4.74 Å². The number of thiophene rings is 1. The number of anilines is 1. The van der Waals surface area contributed by atoms with Crippen molar-refractivity contribution in [3.8, 4) is 0 Å². The third kappa shape index (κ3) is 4.63. The molecule has 2 aromatic heterocycles. The predicted molar refractivity (Wildman–Crippen MR) is 121 cm³/mol. The molecule has 0 bridgehead atoms. The van der Waals surface area contributed by atoms with Gasteiger partial charge >= 0.3 is 12.1 Å². The number of rotatable bonds is 6. The van der Waals surface area contributed by atoms with Crippen molar-refractivity contribution >= 4 is 42.4 Å². The van der Waals surface area contributed by atoms with Crippen LogP contribution in [0.3, 0.4) is 0 Å². The average molecular weight is 528 g/mol. The molecule has 4 aromatic rings. The van der Waals surface area contributed by atoms with Crippen molar-refractivity contribution in [3.05, 3.63) is 82.9 Å². The number of aryl methyl sites for hydroxylation is 1. The Morgan fingerprint density at radius 1 is 1.11 bits per heavy atom. The SMILES string of the molecule is COC(=O)c1ccc(S(=O)(=O)N(Cc2ccc(F)c(C(F)(F)F)c2)c2sc3ccccc3c2C)o1. The van der Waals surface area contributed by atoms with Crippen molar-refractivity contribution < 1.29 is 39.9 Å². The van der Waals surface area contributed by atoms with E-state index in [1.165, 1.54) is 0 Å². The molecule has 2 heterocycles. The predicted octanol–water partition coefficient (Wildman–Crippen LogP) is 6.14. The molecule has 0 spiro atoms. The van der Waals surface area contributed by atoms with Gasteiger partial charge in [-0.05, 0) is 53.8 Å². The lowest BCUT2D eigenvalue weighted by atomic mass is 10.1. The maximum atomic E-state index is 13.8. The van der Waals surface area contributed by atoms with Gasteiger partial charge in [-0.15, -0.1) is 11.3 Å². The first-order valence-electron chi connectivity index (χ1n) is 9.98. The highest BCUT2D eigenvalue weighted by Gasteiger charge is 2.36. The second-order valence-electron chi connectivity index (χ2n) is 7.46. The average Bonchev–Trinajstić information content (AvgIpc) is 3.43. The quantitative estimate of drug-likeness (QED) is 0.222. The highest BCUT2D eigenvalue weighted by molar-refractivity contribution is 7.92. The van der Waals surface area contributed by atoms with E-state index in [0.717, 1.165) is 51.0 Å². The second-order valence-corrected chi connectivity index (χ2v) is 10.3. The summed E-state index contributed by atoms with van der Waals surface area (Å²) >= 11 is 1.12. The third-order valence-corrected chi connectivity index (χ3v) is 8.25. The van der Waals surface area contributed by atoms with Crippen molar-refractivity contribution in [1.82, 2.24) is 0 Å². The first-order chi connectivity index (χ1) is 16.4. The van der Waals surface area contributed by atoms with Crippen molar-refractivity contribution in [3.63, 3.8) is 0 Å². The molecule has 35 heavy (non-hydrogen) atoms. The minimum atomic E-state index is -4.96. The number of carbonyl (C=O) groups is 1. The minimum absolute atomic E-state index is 0.0982. The van der Waals surface area contributed by atoms with Gasteiger partial charge in [0.2, 0.25) is 10.9 Å². The molecule has 184 valence electrons. The molecule has 2 aromatic carbocycles. The van der Waals surface area contributed by atoms with Gasteiger partial charge in [-0.3, -0.25) is 0 Å². The van der Waals surface area contributed by atoms with Crippen LogP contribution in [0.25, 0.3) is 10.1 Å². The molecule has 12 heteroatoms. The maximum Gasteiger partial charge on any atom is 0.419 e. The first-order valence-corrected chi connectivity index (χ1v) is 12.2. The number of halogens is 4. The lowest BCUT2D eigenvalue weighted by Crippen LogP contribution is -2.30. The maximum absolute atomic E-state index is 13.8. The van der Waals surface area contributed by atoms with Crippen LogP contribution in [0.4, 0.5) is 22.6 Å². The molecule has 0 atom stereocenters. The molecule has 0 unspecified atom stereocenters. The van der Waals surface area contributed by atoms with Crippen LogP contribution < -0.4 is 4.31 Å². The molecule has 0 N–H and O–H groups in total. The van der Waals surface area contributed by atoms with Crippen LogP contribution >= 0.6 is 11.3 Å². The largest absolute Gasteiger partial charge is 0.463 e. The number of hydrogen-bond donors (Lipinski definition) is 0. The fourth-order valence-corrected chi connectivity index (χ4v) is 6.34. The second kappa shape index (κ2) is 9.00. The van der Waals surface area contributed by atoms with Crippen LogP contribution in [0.15, 0.2) is 64.1 Å². The number of methoxy groups -OCH3 is 1. The summed E-state index contributed by atoms with van der Waals surface area (Å²) in [4.78, 5) is 11.8. The monoisotopic (exact) mass is 527 g/mol. The Morgan fingerprint density at radius 3 is 2.49 bits per heavy atom. The van der Waals surface area contributed by atoms with Crippen molar-refractivity contribution in [1.29, 1.82) is 0 Å². The molecule has 0 aliphatic carbocycles. The number of sulfonamides is 1.